The first-order valence-electron chi connectivity index (χ1n) is 13.3. The first kappa shape index (κ1) is 28.0. The summed E-state index contributed by atoms with van der Waals surface area (Å²) in [5, 5.41) is 1.06. The molecule has 39 heavy (non-hydrogen) atoms. The van der Waals surface area contributed by atoms with Crippen LogP contribution in [-0.4, -0.2) is 62.8 Å². The van der Waals surface area contributed by atoms with E-state index in [4.69, 9.17) is 23.2 Å². The van der Waals surface area contributed by atoms with Gasteiger partial charge in [-0.15, -0.1) is 0 Å². The van der Waals surface area contributed by atoms with Crippen molar-refractivity contribution >= 4 is 44.8 Å². The maximum atomic E-state index is 14.1. The molecule has 0 N–H and O–H groups in total. The SMILES string of the molecule is Cc1ccccc1[C@@H]1CCN(S(=O)(=O)c2cccc(Cl)c2)C[C@@H]1C(=O)N1CCN(c2cc(Cl)ccc2C)CC1. The Kier molecular flexibility index (Phi) is 8.24. The Hall–Kier alpha value is -2.58. The van der Waals surface area contributed by atoms with Crippen LogP contribution in [0.25, 0.3) is 0 Å². The summed E-state index contributed by atoms with van der Waals surface area (Å²) >= 11 is 12.4. The average Bonchev–Trinajstić information content (AvgIpc) is 2.94. The summed E-state index contributed by atoms with van der Waals surface area (Å²) in [6.07, 6.45) is 0.572. The van der Waals surface area contributed by atoms with Crippen LogP contribution in [0.2, 0.25) is 10.0 Å². The molecule has 0 spiro atoms. The molecule has 2 saturated heterocycles. The number of aryl methyl sites for hydroxylation is 2. The lowest BCUT2D eigenvalue weighted by Gasteiger charge is -2.42. The minimum Gasteiger partial charge on any atom is -0.368 e. The standard InChI is InChI=1S/C30H33Cl2N3O3S/c1-21-6-3-4-9-26(21)27-12-13-35(39(37,38)25-8-5-7-23(31)18-25)20-28(27)30(36)34-16-14-33(15-17-34)29-19-24(32)11-10-22(29)2/h3-11,18-19,27-28H,12-17,20H2,1-2H3/t27-,28-/m0/s1. The van der Waals surface area contributed by atoms with Gasteiger partial charge in [0, 0.05) is 55.0 Å². The van der Waals surface area contributed by atoms with Gasteiger partial charge in [-0.25, -0.2) is 8.42 Å². The summed E-state index contributed by atoms with van der Waals surface area (Å²) in [6, 6.07) is 20.3. The molecular weight excluding hydrogens is 553 g/mol. The third-order valence-electron chi connectivity index (χ3n) is 8.02. The van der Waals surface area contributed by atoms with Crippen molar-refractivity contribution in [3.8, 4) is 0 Å². The maximum absolute atomic E-state index is 14.1. The van der Waals surface area contributed by atoms with Gasteiger partial charge in [0.1, 0.15) is 0 Å². The van der Waals surface area contributed by atoms with E-state index in [-0.39, 0.29) is 23.3 Å². The van der Waals surface area contributed by atoms with Gasteiger partial charge >= 0.3 is 0 Å². The zero-order chi connectivity index (χ0) is 27.7. The van der Waals surface area contributed by atoms with Crippen LogP contribution >= 0.6 is 23.2 Å². The van der Waals surface area contributed by atoms with E-state index in [1.165, 1.54) is 10.4 Å². The summed E-state index contributed by atoms with van der Waals surface area (Å²) in [4.78, 5) is 18.4. The summed E-state index contributed by atoms with van der Waals surface area (Å²) < 4.78 is 28.6. The van der Waals surface area contributed by atoms with Gasteiger partial charge in [0.05, 0.1) is 10.8 Å². The van der Waals surface area contributed by atoms with Crippen LogP contribution < -0.4 is 4.90 Å². The van der Waals surface area contributed by atoms with Gasteiger partial charge in [-0.1, -0.05) is 59.6 Å². The third kappa shape index (κ3) is 5.82. The number of rotatable bonds is 5. The summed E-state index contributed by atoms with van der Waals surface area (Å²) in [5.41, 5.74) is 4.47. The maximum Gasteiger partial charge on any atom is 0.243 e. The van der Waals surface area contributed by atoms with Crippen molar-refractivity contribution in [3.63, 3.8) is 0 Å². The molecule has 2 aliphatic heterocycles. The third-order valence-corrected chi connectivity index (χ3v) is 10.3. The van der Waals surface area contributed by atoms with Gasteiger partial charge in [-0.2, -0.15) is 4.31 Å². The molecule has 0 aliphatic carbocycles. The predicted octanol–water partition coefficient (Wildman–Crippen LogP) is 5.75. The molecule has 2 fully saturated rings. The van der Waals surface area contributed by atoms with E-state index in [9.17, 15) is 13.2 Å². The van der Waals surface area contributed by atoms with E-state index in [0.717, 1.165) is 22.4 Å². The molecule has 3 aromatic rings. The highest BCUT2D eigenvalue weighted by Crippen LogP contribution is 2.38. The van der Waals surface area contributed by atoms with Gasteiger partial charge in [-0.05, 0) is 73.2 Å². The molecule has 0 aromatic heterocycles. The van der Waals surface area contributed by atoms with Crippen molar-refractivity contribution in [1.29, 1.82) is 0 Å². The van der Waals surface area contributed by atoms with Gasteiger partial charge in [0.2, 0.25) is 15.9 Å². The number of hydrogen-bond acceptors (Lipinski definition) is 4. The highest BCUT2D eigenvalue weighted by molar-refractivity contribution is 7.89. The van der Waals surface area contributed by atoms with Crippen LogP contribution in [0.15, 0.2) is 71.6 Å². The Labute approximate surface area is 241 Å². The summed E-state index contributed by atoms with van der Waals surface area (Å²) in [5.74, 6) is -0.525. The van der Waals surface area contributed by atoms with Crippen molar-refractivity contribution in [2.75, 3.05) is 44.2 Å². The van der Waals surface area contributed by atoms with Crippen LogP contribution in [-0.2, 0) is 14.8 Å². The Balaban J connectivity index is 1.39. The van der Waals surface area contributed by atoms with E-state index in [1.807, 2.05) is 35.2 Å². The van der Waals surface area contributed by atoms with E-state index in [0.29, 0.717) is 49.2 Å². The highest BCUT2D eigenvalue weighted by atomic mass is 35.5. The van der Waals surface area contributed by atoms with Crippen LogP contribution in [0.4, 0.5) is 5.69 Å². The zero-order valence-electron chi connectivity index (χ0n) is 22.2. The van der Waals surface area contributed by atoms with Crippen LogP contribution in [0.3, 0.4) is 0 Å². The number of anilines is 1. The molecule has 1 amide bonds. The van der Waals surface area contributed by atoms with Gasteiger partial charge in [0.15, 0.2) is 0 Å². The lowest BCUT2D eigenvalue weighted by molar-refractivity contribution is -0.137. The second kappa shape index (κ2) is 11.5. The highest BCUT2D eigenvalue weighted by Gasteiger charge is 2.42. The Morgan fingerprint density at radius 2 is 1.54 bits per heavy atom. The van der Waals surface area contributed by atoms with Crippen molar-refractivity contribution in [2.24, 2.45) is 5.92 Å². The number of amides is 1. The van der Waals surface area contributed by atoms with Crippen molar-refractivity contribution in [2.45, 2.75) is 31.1 Å². The Morgan fingerprint density at radius 3 is 2.26 bits per heavy atom. The van der Waals surface area contributed by atoms with Crippen LogP contribution in [0, 0.1) is 19.8 Å². The molecule has 0 saturated carbocycles. The lowest BCUT2D eigenvalue weighted by Crippen LogP contribution is -2.54. The number of halogens is 2. The minimum absolute atomic E-state index is 0.0108. The lowest BCUT2D eigenvalue weighted by atomic mass is 9.78. The van der Waals surface area contributed by atoms with Gasteiger partial charge < -0.3 is 9.80 Å². The number of hydrogen-bond donors (Lipinski definition) is 0. The Morgan fingerprint density at radius 1 is 0.821 bits per heavy atom. The second-order valence-corrected chi connectivity index (χ2v) is 13.2. The first-order chi connectivity index (χ1) is 18.6. The fraction of sp³-hybridized carbons (Fsp3) is 0.367. The molecule has 6 nitrogen and oxygen atoms in total. The first-order valence-corrected chi connectivity index (χ1v) is 15.5. The minimum atomic E-state index is -3.79. The summed E-state index contributed by atoms with van der Waals surface area (Å²) in [6.45, 7) is 7.13. The van der Waals surface area contributed by atoms with Crippen molar-refractivity contribution in [1.82, 2.24) is 9.21 Å². The van der Waals surface area contributed by atoms with Gasteiger partial charge in [0.25, 0.3) is 0 Å². The normalized spacial score (nSPS) is 20.7. The number of sulfonamides is 1. The van der Waals surface area contributed by atoms with E-state index >= 15 is 0 Å². The molecule has 0 unspecified atom stereocenters. The molecule has 2 atom stereocenters. The van der Waals surface area contributed by atoms with E-state index < -0.39 is 15.9 Å². The van der Waals surface area contributed by atoms with E-state index in [2.05, 4.69) is 30.9 Å². The van der Waals surface area contributed by atoms with Crippen molar-refractivity contribution in [3.05, 3.63) is 93.5 Å². The topological polar surface area (TPSA) is 60.9 Å². The molecule has 2 heterocycles. The molecule has 0 radical (unpaired) electrons. The predicted molar refractivity (Wildman–Crippen MR) is 157 cm³/mol. The number of piperidine rings is 1. The van der Waals surface area contributed by atoms with Gasteiger partial charge in [-0.3, -0.25) is 4.79 Å². The quantitative estimate of drug-likeness (QED) is 0.382. The largest absolute Gasteiger partial charge is 0.368 e. The fourth-order valence-electron chi connectivity index (χ4n) is 5.87. The molecule has 0 bridgehead atoms. The number of benzene rings is 3. The number of nitrogens with zero attached hydrogens (tertiary/aromatic N) is 3. The molecule has 9 heteroatoms. The van der Waals surface area contributed by atoms with Crippen molar-refractivity contribution < 1.29 is 13.2 Å². The molecule has 206 valence electrons. The molecule has 5 rings (SSSR count). The zero-order valence-corrected chi connectivity index (χ0v) is 24.5. The fourth-order valence-corrected chi connectivity index (χ4v) is 7.82. The smallest absolute Gasteiger partial charge is 0.243 e. The van der Waals surface area contributed by atoms with Crippen LogP contribution in [0.1, 0.15) is 29.0 Å². The molecule has 3 aromatic carbocycles. The average molecular weight is 587 g/mol. The molecular formula is C30H33Cl2N3O3S. The second-order valence-electron chi connectivity index (χ2n) is 10.4. The molecule has 2 aliphatic rings. The number of carbonyl (C=O) groups is 1. The monoisotopic (exact) mass is 585 g/mol. The number of piperazine rings is 1. The summed E-state index contributed by atoms with van der Waals surface area (Å²) in [7, 11) is -3.79. The Bertz CT molecular complexity index is 1470. The van der Waals surface area contributed by atoms with E-state index in [1.54, 1.807) is 18.2 Å². The number of carbonyl (C=O) groups excluding carboxylic acids is 1. The van der Waals surface area contributed by atoms with Crippen LogP contribution in [0.5, 0.6) is 0 Å².